The second kappa shape index (κ2) is 9.88. The molecule has 1 atom stereocenters. The van der Waals surface area contributed by atoms with Crippen LogP contribution in [-0.2, 0) is 36.5 Å². The summed E-state index contributed by atoms with van der Waals surface area (Å²) in [5, 5.41) is 18.2. The quantitative estimate of drug-likeness (QED) is 0.405. The number of aryl methyl sites for hydroxylation is 1. The summed E-state index contributed by atoms with van der Waals surface area (Å²) in [6.45, 7) is 2.85. The number of rotatable bonds is 8. The predicted octanol–water partition coefficient (Wildman–Crippen LogP) is 4.32. The molecule has 0 saturated carbocycles. The number of anilines is 1. The van der Waals surface area contributed by atoms with Crippen molar-refractivity contribution in [2.45, 2.75) is 56.2 Å². The van der Waals surface area contributed by atoms with Crippen molar-refractivity contribution in [1.82, 2.24) is 19.7 Å². The van der Waals surface area contributed by atoms with Gasteiger partial charge in [0.25, 0.3) is 5.91 Å². The first-order valence-corrected chi connectivity index (χ1v) is 13.6. The Hall–Kier alpha value is -3.35. The lowest BCUT2D eigenvalue weighted by Crippen LogP contribution is -2.60. The number of benzene rings is 2. The molecule has 2 fully saturated rings. The van der Waals surface area contributed by atoms with Gasteiger partial charge in [-0.1, -0.05) is 25.5 Å². The number of hydrogen-bond acceptors (Lipinski definition) is 6. The monoisotopic (exact) mass is 573 g/mol. The molecule has 2 saturated heterocycles. The molecule has 3 aromatic rings. The third kappa shape index (κ3) is 4.71. The van der Waals surface area contributed by atoms with Gasteiger partial charge in [0.05, 0.1) is 36.3 Å². The van der Waals surface area contributed by atoms with Gasteiger partial charge in [0.2, 0.25) is 0 Å². The molecule has 41 heavy (non-hydrogen) atoms. The van der Waals surface area contributed by atoms with E-state index in [4.69, 9.17) is 4.74 Å². The molecular formula is C29H31F4N5O3. The van der Waals surface area contributed by atoms with Crippen LogP contribution in [0.1, 0.15) is 64.4 Å². The lowest BCUT2D eigenvalue weighted by Gasteiger charge is -2.46. The Balaban J connectivity index is 1.29. The molecule has 1 aromatic heterocycles. The van der Waals surface area contributed by atoms with Crippen LogP contribution in [-0.4, -0.2) is 62.6 Å². The molecule has 0 aliphatic carbocycles. The molecule has 6 rings (SSSR count). The highest BCUT2D eigenvalue weighted by Gasteiger charge is 2.51. The maximum Gasteiger partial charge on any atom is 0.416 e. The zero-order valence-electron chi connectivity index (χ0n) is 22.8. The van der Waals surface area contributed by atoms with Gasteiger partial charge in [-0.25, -0.2) is 4.39 Å². The normalized spacial score (nSPS) is 20.5. The Bertz CT molecular complexity index is 1480. The van der Waals surface area contributed by atoms with Crippen molar-refractivity contribution in [2.24, 2.45) is 7.05 Å². The minimum Gasteiger partial charge on any atom is -0.387 e. The number of hydrogen-bond donors (Lipinski definition) is 1. The average Bonchev–Trinajstić information content (AvgIpc) is 3.45. The first-order chi connectivity index (χ1) is 19.4. The molecule has 12 heteroatoms. The van der Waals surface area contributed by atoms with Crippen LogP contribution in [0.3, 0.4) is 0 Å². The zero-order valence-corrected chi connectivity index (χ0v) is 22.8. The second-order valence-corrected chi connectivity index (χ2v) is 11.5. The number of carbonyl (C=O) groups is 1. The van der Waals surface area contributed by atoms with Gasteiger partial charge in [0.15, 0.2) is 12.0 Å². The van der Waals surface area contributed by atoms with Crippen LogP contribution in [0.5, 0.6) is 0 Å². The van der Waals surface area contributed by atoms with Crippen LogP contribution in [0.15, 0.2) is 42.7 Å². The number of alkyl halides is 4. The fourth-order valence-corrected chi connectivity index (χ4v) is 6.33. The van der Waals surface area contributed by atoms with E-state index < -0.39 is 34.8 Å². The summed E-state index contributed by atoms with van der Waals surface area (Å²) in [6.07, 6.45) is -3.34. The molecule has 1 N–H and O–H groups in total. The molecule has 1 amide bonds. The fraction of sp³-hybridized carbons (Fsp3) is 0.483. The molecule has 3 aliphatic rings. The van der Waals surface area contributed by atoms with Crippen molar-refractivity contribution < 1.29 is 32.2 Å². The van der Waals surface area contributed by atoms with Crippen molar-refractivity contribution in [2.75, 3.05) is 31.2 Å². The zero-order chi connectivity index (χ0) is 29.2. The molecule has 3 aliphatic heterocycles. The standard InChI is InChI=1S/C29H31F4N5O3/c1-3-7-27(40)13-37(14-27)11-18-8-21-22(23(9-18)29(31,32)33)12-38(26(21)39)20-6-4-5-19(10-20)28(15-41-16-28)24(30)25-35-34-17-36(25)2/h4-6,8-10,17,24,40H,3,7,11-16H2,1-2H3/t24-/m0/s1. The summed E-state index contributed by atoms with van der Waals surface area (Å²) in [7, 11) is 1.64. The summed E-state index contributed by atoms with van der Waals surface area (Å²) in [5.74, 6) is -0.402. The highest BCUT2D eigenvalue weighted by Crippen LogP contribution is 2.47. The van der Waals surface area contributed by atoms with Gasteiger partial charge in [-0.3, -0.25) is 9.69 Å². The Morgan fingerprint density at radius 1 is 1.17 bits per heavy atom. The average molecular weight is 574 g/mol. The van der Waals surface area contributed by atoms with Gasteiger partial charge >= 0.3 is 6.18 Å². The molecule has 0 spiro atoms. The second-order valence-electron chi connectivity index (χ2n) is 11.5. The Morgan fingerprint density at radius 3 is 2.54 bits per heavy atom. The van der Waals surface area contributed by atoms with Crippen molar-refractivity contribution in [3.63, 3.8) is 0 Å². The molecule has 4 heterocycles. The van der Waals surface area contributed by atoms with Crippen LogP contribution in [0.25, 0.3) is 0 Å². The van der Waals surface area contributed by atoms with E-state index >= 15 is 4.39 Å². The van der Waals surface area contributed by atoms with E-state index in [1.807, 2.05) is 11.8 Å². The lowest BCUT2D eigenvalue weighted by molar-refractivity contribution is -0.138. The minimum absolute atomic E-state index is 0.00807. The number of carbonyl (C=O) groups excluding carboxylic acids is 1. The van der Waals surface area contributed by atoms with Crippen molar-refractivity contribution in [3.05, 3.63) is 76.4 Å². The number of halogens is 4. The highest BCUT2D eigenvalue weighted by molar-refractivity contribution is 6.10. The first-order valence-electron chi connectivity index (χ1n) is 13.6. The van der Waals surface area contributed by atoms with Gasteiger partial charge in [-0.15, -0.1) is 10.2 Å². The van der Waals surface area contributed by atoms with Gasteiger partial charge in [-0.2, -0.15) is 13.2 Å². The SMILES string of the molecule is CCCC1(O)CN(Cc2cc3c(c(C(F)(F)F)c2)CN(c2cccc(C4([C@@H](F)c5nncn5C)COC4)c2)C3=O)C1. The highest BCUT2D eigenvalue weighted by atomic mass is 19.4. The van der Waals surface area contributed by atoms with E-state index in [2.05, 4.69) is 10.2 Å². The van der Waals surface area contributed by atoms with E-state index in [1.54, 1.807) is 31.3 Å². The Labute approximate surface area is 234 Å². The summed E-state index contributed by atoms with van der Waals surface area (Å²) < 4.78 is 65.4. The molecule has 0 unspecified atom stereocenters. The van der Waals surface area contributed by atoms with Gasteiger partial charge in [-0.05, 0) is 47.4 Å². The Kier molecular flexibility index (Phi) is 6.70. The van der Waals surface area contributed by atoms with Crippen molar-refractivity contribution >= 4 is 11.6 Å². The summed E-state index contributed by atoms with van der Waals surface area (Å²) >= 11 is 0. The van der Waals surface area contributed by atoms with E-state index in [9.17, 15) is 23.1 Å². The molecule has 0 radical (unpaired) electrons. The minimum atomic E-state index is -4.65. The summed E-state index contributed by atoms with van der Waals surface area (Å²) in [5.41, 5.74) is -1.47. The number of β-amino-alcohol motifs (C(OH)–C–C–N with tert-alkyl or cyclic N) is 1. The summed E-state index contributed by atoms with van der Waals surface area (Å²) in [6, 6.07) is 9.33. The largest absolute Gasteiger partial charge is 0.416 e. The number of amides is 1. The van der Waals surface area contributed by atoms with E-state index in [1.165, 1.54) is 21.9 Å². The molecule has 8 nitrogen and oxygen atoms in total. The number of aromatic nitrogens is 3. The van der Waals surface area contributed by atoms with Crippen LogP contribution >= 0.6 is 0 Å². The van der Waals surface area contributed by atoms with Crippen LogP contribution < -0.4 is 4.90 Å². The smallest absolute Gasteiger partial charge is 0.387 e. The third-order valence-corrected chi connectivity index (χ3v) is 8.47. The topological polar surface area (TPSA) is 83.7 Å². The number of aliphatic hydroxyl groups is 1. The predicted molar refractivity (Wildman–Crippen MR) is 141 cm³/mol. The fourth-order valence-electron chi connectivity index (χ4n) is 6.33. The third-order valence-electron chi connectivity index (χ3n) is 8.47. The number of fused-ring (bicyclic) bond motifs is 1. The van der Waals surface area contributed by atoms with Crippen LogP contribution in [0, 0.1) is 0 Å². The summed E-state index contributed by atoms with van der Waals surface area (Å²) in [4.78, 5) is 16.8. The molecule has 218 valence electrons. The number of nitrogens with zero attached hydrogens (tertiary/aromatic N) is 5. The first kappa shape index (κ1) is 27.8. The maximum atomic E-state index is 15.8. The van der Waals surface area contributed by atoms with Crippen LogP contribution in [0.4, 0.5) is 23.2 Å². The molecular weight excluding hydrogens is 542 g/mol. The van der Waals surface area contributed by atoms with Gasteiger partial charge in [0.1, 0.15) is 6.33 Å². The number of ether oxygens (including phenoxy) is 1. The van der Waals surface area contributed by atoms with E-state index in [0.717, 1.165) is 12.5 Å². The van der Waals surface area contributed by atoms with Gasteiger partial charge in [0, 0.05) is 37.9 Å². The maximum absolute atomic E-state index is 15.8. The Morgan fingerprint density at radius 2 is 1.93 bits per heavy atom. The lowest BCUT2D eigenvalue weighted by atomic mass is 9.74. The van der Waals surface area contributed by atoms with Crippen molar-refractivity contribution in [1.29, 1.82) is 0 Å². The van der Waals surface area contributed by atoms with E-state index in [-0.39, 0.29) is 43.3 Å². The molecule has 0 bridgehead atoms. The van der Waals surface area contributed by atoms with Crippen molar-refractivity contribution in [3.8, 4) is 0 Å². The molecule has 2 aromatic carbocycles. The number of likely N-dealkylation sites (tertiary alicyclic amines) is 1. The van der Waals surface area contributed by atoms with E-state index in [0.29, 0.717) is 36.3 Å². The van der Waals surface area contributed by atoms with Crippen LogP contribution in [0.2, 0.25) is 0 Å². The van der Waals surface area contributed by atoms with Gasteiger partial charge < -0.3 is 19.3 Å².